The van der Waals surface area contributed by atoms with E-state index in [9.17, 15) is 4.79 Å². The molecule has 0 unspecified atom stereocenters. The second-order valence-electron chi connectivity index (χ2n) is 10.2. The van der Waals surface area contributed by atoms with Crippen molar-refractivity contribution in [2.75, 3.05) is 50.1 Å². The number of thioether (sulfide) groups is 1. The smallest absolute Gasteiger partial charge is 0.268 e. The van der Waals surface area contributed by atoms with E-state index in [1.807, 2.05) is 43.2 Å². The Labute approximate surface area is 245 Å². The Balaban J connectivity index is 1.44. The summed E-state index contributed by atoms with van der Waals surface area (Å²) in [4.78, 5) is 27.4. The van der Waals surface area contributed by atoms with E-state index in [-0.39, 0.29) is 5.56 Å². The van der Waals surface area contributed by atoms with E-state index in [1.165, 1.54) is 11.8 Å². The van der Waals surface area contributed by atoms with Gasteiger partial charge in [0, 0.05) is 53.7 Å². The van der Waals surface area contributed by atoms with Gasteiger partial charge in [0.1, 0.15) is 5.65 Å². The van der Waals surface area contributed by atoms with Gasteiger partial charge in [-0.05, 0) is 95.4 Å². The van der Waals surface area contributed by atoms with Crippen LogP contribution in [0.4, 0.5) is 17.3 Å². The molecule has 1 aliphatic rings. The van der Waals surface area contributed by atoms with Gasteiger partial charge in [-0.15, -0.1) is 0 Å². The zero-order valence-corrected chi connectivity index (χ0v) is 24.9. The molecule has 10 heteroatoms. The fraction of sp³-hybridized carbons (Fsp3) is 0.387. The van der Waals surface area contributed by atoms with E-state index in [0.717, 1.165) is 66.4 Å². The molecular formula is C31H37N7O2S. The van der Waals surface area contributed by atoms with Gasteiger partial charge in [-0.3, -0.25) is 9.36 Å². The van der Waals surface area contributed by atoms with Gasteiger partial charge in [0.05, 0.1) is 18.4 Å². The van der Waals surface area contributed by atoms with Crippen LogP contribution >= 0.6 is 11.8 Å². The van der Waals surface area contributed by atoms with Crippen molar-refractivity contribution in [1.82, 2.24) is 24.3 Å². The number of furan rings is 1. The van der Waals surface area contributed by atoms with Gasteiger partial charge in [-0.25, -0.2) is 4.98 Å². The average Bonchev–Trinajstić information content (AvgIpc) is 3.45. The lowest BCUT2D eigenvalue weighted by Crippen LogP contribution is -2.36. The van der Waals surface area contributed by atoms with Crippen LogP contribution in [0.25, 0.3) is 11.0 Å². The molecule has 3 aromatic heterocycles. The Kier molecular flexibility index (Phi) is 9.17. The number of benzene rings is 1. The fourth-order valence-corrected chi connectivity index (χ4v) is 5.48. The molecule has 0 bridgehead atoms. The molecular weight excluding hydrogens is 534 g/mol. The summed E-state index contributed by atoms with van der Waals surface area (Å²) in [7, 11) is 2.17. The molecule has 214 valence electrons. The Morgan fingerprint density at radius 3 is 2.56 bits per heavy atom. The third-order valence-electron chi connectivity index (χ3n) is 7.39. The Bertz CT molecular complexity index is 1590. The minimum atomic E-state index is -0.195. The van der Waals surface area contributed by atoms with E-state index in [2.05, 4.69) is 51.7 Å². The monoisotopic (exact) mass is 571 g/mol. The highest BCUT2D eigenvalue weighted by atomic mass is 32.2. The molecule has 0 aliphatic carbocycles. The first-order valence-corrected chi connectivity index (χ1v) is 15.3. The highest BCUT2D eigenvalue weighted by Crippen LogP contribution is 2.24. The van der Waals surface area contributed by atoms with Gasteiger partial charge >= 0.3 is 0 Å². The van der Waals surface area contributed by atoms with Crippen LogP contribution in [0.15, 0.2) is 63.2 Å². The van der Waals surface area contributed by atoms with Crippen LogP contribution in [0.5, 0.6) is 0 Å². The standard InChI is InChI=1S/C31H37N7O2S/c1-5-37(6-2)17-11-22-19-24-20-32-31(35-28(24)38(29(22)39)21-23-14-18-40-30(23)41-4)34-26-9-7-25(8-10-26)33-27-12-15-36(3)16-13-27/h7-10,14,18-20,27,33H,5-6,12-13,15-16,21H2,1-4H3,(H,32,34,35). The summed E-state index contributed by atoms with van der Waals surface area (Å²) in [5, 5.41) is 8.46. The van der Waals surface area contributed by atoms with E-state index < -0.39 is 0 Å². The number of hydrogen-bond donors (Lipinski definition) is 2. The van der Waals surface area contributed by atoms with Crippen molar-refractivity contribution in [2.24, 2.45) is 0 Å². The number of nitrogens with one attached hydrogen (secondary N) is 2. The first-order valence-electron chi connectivity index (χ1n) is 14.1. The molecule has 41 heavy (non-hydrogen) atoms. The van der Waals surface area contributed by atoms with Gasteiger partial charge in [0.25, 0.3) is 5.56 Å². The molecule has 9 nitrogen and oxygen atoms in total. The van der Waals surface area contributed by atoms with E-state index in [1.54, 1.807) is 23.1 Å². The van der Waals surface area contributed by atoms with Crippen LogP contribution < -0.4 is 16.2 Å². The van der Waals surface area contributed by atoms with Crippen LogP contribution in [0.3, 0.4) is 0 Å². The van der Waals surface area contributed by atoms with Crippen molar-refractivity contribution in [3.8, 4) is 12.0 Å². The summed E-state index contributed by atoms with van der Waals surface area (Å²) in [6, 6.07) is 15.4. The molecule has 2 N–H and O–H groups in total. The molecule has 1 aliphatic heterocycles. The molecule has 1 aromatic carbocycles. The Morgan fingerprint density at radius 2 is 1.85 bits per heavy atom. The van der Waals surface area contributed by atoms with Crippen molar-refractivity contribution < 1.29 is 4.42 Å². The second-order valence-corrected chi connectivity index (χ2v) is 11.0. The third kappa shape index (κ3) is 6.87. The van der Waals surface area contributed by atoms with E-state index >= 15 is 0 Å². The van der Waals surface area contributed by atoms with Crippen molar-refractivity contribution in [2.45, 2.75) is 44.4 Å². The summed E-state index contributed by atoms with van der Waals surface area (Å²) in [6.45, 7) is 8.20. The lowest BCUT2D eigenvalue weighted by atomic mass is 10.1. The van der Waals surface area contributed by atoms with Crippen LogP contribution in [0.1, 0.15) is 37.8 Å². The zero-order chi connectivity index (χ0) is 28.8. The van der Waals surface area contributed by atoms with Gasteiger partial charge in [0.2, 0.25) is 5.95 Å². The summed E-state index contributed by atoms with van der Waals surface area (Å²) < 4.78 is 7.26. The molecule has 1 fully saturated rings. The summed E-state index contributed by atoms with van der Waals surface area (Å²) in [5.74, 6) is 3.50. The molecule has 0 radical (unpaired) electrons. The number of pyridine rings is 1. The van der Waals surface area contributed by atoms with Crippen LogP contribution in [0, 0.1) is 12.0 Å². The predicted molar refractivity (Wildman–Crippen MR) is 167 cm³/mol. The molecule has 0 saturated carbocycles. The first-order chi connectivity index (χ1) is 20.0. The molecule has 5 rings (SSSR count). The number of aromatic nitrogens is 3. The van der Waals surface area contributed by atoms with Gasteiger partial charge in [-0.2, -0.15) is 4.98 Å². The van der Waals surface area contributed by atoms with Crippen molar-refractivity contribution >= 4 is 40.1 Å². The number of hydrogen-bond acceptors (Lipinski definition) is 9. The largest absolute Gasteiger partial charge is 0.458 e. The topological polar surface area (TPSA) is 91.5 Å². The van der Waals surface area contributed by atoms with E-state index in [4.69, 9.17) is 9.40 Å². The second kappa shape index (κ2) is 13.1. The molecule has 0 amide bonds. The lowest BCUT2D eigenvalue weighted by Gasteiger charge is -2.30. The van der Waals surface area contributed by atoms with E-state index in [0.29, 0.717) is 29.7 Å². The molecule has 0 spiro atoms. The Morgan fingerprint density at radius 1 is 1.12 bits per heavy atom. The molecule has 4 aromatic rings. The quantitative estimate of drug-likeness (QED) is 0.163. The predicted octanol–water partition coefficient (Wildman–Crippen LogP) is 5.06. The number of likely N-dealkylation sites (tertiary alicyclic amines) is 1. The number of nitrogens with zero attached hydrogens (tertiary/aromatic N) is 5. The van der Waals surface area contributed by atoms with Crippen LogP contribution in [-0.4, -0.2) is 69.9 Å². The maximum atomic E-state index is 13.7. The summed E-state index contributed by atoms with van der Waals surface area (Å²) in [5.41, 5.74) is 3.63. The van der Waals surface area contributed by atoms with Crippen molar-refractivity contribution in [3.63, 3.8) is 0 Å². The zero-order valence-electron chi connectivity index (χ0n) is 24.1. The lowest BCUT2D eigenvalue weighted by molar-refractivity contribution is 0.264. The minimum Gasteiger partial charge on any atom is -0.458 e. The highest BCUT2D eigenvalue weighted by Gasteiger charge is 2.17. The Hall–Kier alpha value is -3.94. The third-order valence-corrected chi connectivity index (χ3v) is 8.12. The maximum absolute atomic E-state index is 13.7. The number of fused-ring (bicyclic) bond motifs is 1. The van der Waals surface area contributed by atoms with Crippen LogP contribution in [0.2, 0.25) is 0 Å². The van der Waals surface area contributed by atoms with Gasteiger partial charge < -0.3 is 24.9 Å². The van der Waals surface area contributed by atoms with Gasteiger partial charge in [-0.1, -0.05) is 11.8 Å². The minimum absolute atomic E-state index is 0.195. The normalized spacial score (nSPS) is 14.0. The first kappa shape index (κ1) is 28.6. The summed E-state index contributed by atoms with van der Waals surface area (Å²) in [6.07, 6.45) is 7.62. The maximum Gasteiger partial charge on any atom is 0.268 e. The molecule has 4 heterocycles. The number of piperidine rings is 1. The van der Waals surface area contributed by atoms with Crippen LogP contribution in [-0.2, 0) is 6.54 Å². The SMILES string of the molecule is CCN(C#Cc1cc2cnc(Nc3ccc(NC4CCN(C)CC4)cc3)nc2n(Cc2ccoc2SC)c1=O)CC. The molecule has 1 saturated heterocycles. The highest BCUT2D eigenvalue weighted by molar-refractivity contribution is 7.98. The fourth-order valence-electron chi connectivity index (χ4n) is 4.93. The van der Waals surface area contributed by atoms with Crippen molar-refractivity contribution in [3.05, 3.63) is 70.3 Å². The number of anilines is 3. The molecule has 0 atom stereocenters. The van der Waals surface area contributed by atoms with Crippen molar-refractivity contribution in [1.29, 1.82) is 0 Å². The number of rotatable bonds is 9. The summed E-state index contributed by atoms with van der Waals surface area (Å²) >= 11 is 1.50. The van der Waals surface area contributed by atoms with Gasteiger partial charge in [0.15, 0.2) is 5.09 Å². The average molecular weight is 572 g/mol.